The molecule has 1 N–H and O–H groups in total. The Bertz CT molecular complexity index is 571. The molecule has 108 valence electrons. The SMILES string of the molecule is CCC1(C)NC(=O)CN(c2c(F)cc(F)cc2Cl)C1=O. The summed E-state index contributed by atoms with van der Waals surface area (Å²) in [6.45, 7) is 2.93. The van der Waals surface area contributed by atoms with Gasteiger partial charge in [-0.25, -0.2) is 8.78 Å². The fourth-order valence-electron chi connectivity index (χ4n) is 2.13. The highest BCUT2D eigenvalue weighted by atomic mass is 35.5. The second kappa shape index (κ2) is 5.01. The molecule has 0 saturated carbocycles. The van der Waals surface area contributed by atoms with Crippen molar-refractivity contribution in [2.24, 2.45) is 0 Å². The minimum Gasteiger partial charge on any atom is -0.340 e. The van der Waals surface area contributed by atoms with Crippen molar-refractivity contribution in [1.29, 1.82) is 0 Å². The first-order valence-corrected chi connectivity index (χ1v) is 6.44. The number of nitrogens with zero attached hydrogens (tertiary/aromatic N) is 1. The summed E-state index contributed by atoms with van der Waals surface area (Å²) in [6, 6.07) is 1.54. The maximum atomic E-state index is 13.9. The van der Waals surface area contributed by atoms with E-state index in [1.54, 1.807) is 13.8 Å². The second-order valence-corrected chi connectivity index (χ2v) is 5.25. The molecule has 1 fully saturated rings. The van der Waals surface area contributed by atoms with Gasteiger partial charge in [0, 0.05) is 6.07 Å². The van der Waals surface area contributed by atoms with Crippen LogP contribution in [0.2, 0.25) is 5.02 Å². The first-order valence-electron chi connectivity index (χ1n) is 6.06. The van der Waals surface area contributed by atoms with E-state index < -0.39 is 29.0 Å². The van der Waals surface area contributed by atoms with Gasteiger partial charge in [-0.2, -0.15) is 0 Å². The number of amides is 2. The zero-order valence-corrected chi connectivity index (χ0v) is 11.7. The average Bonchev–Trinajstić information content (AvgIpc) is 2.34. The minimum absolute atomic E-state index is 0.246. The Labute approximate surface area is 119 Å². The van der Waals surface area contributed by atoms with E-state index in [1.165, 1.54) is 0 Å². The van der Waals surface area contributed by atoms with Crippen LogP contribution in [0.15, 0.2) is 12.1 Å². The van der Waals surface area contributed by atoms with Crippen LogP contribution in [0.1, 0.15) is 20.3 Å². The zero-order chi connectivity index (χ0) is 15.1. The molecule has 1 atom stereocenters. The highest BCUT2D eigenvalue weighted by Gasteiger charge is 2.43. The van der Waals surface area contributed by atoms with Crippen molar-refractivity contribution in [1.82, 2.24) is 5.32 Å². The lowest BCUT2D eigenvalue weighted by atomic mass is 9.94. The molecular formula is C13H13ClF2N2O2. The quantitative estimate of drug-likeness (QED) is 0.911. The Kier molecular flexibility index (Phi) is 3.69. The summed E-state index contributed by atoms with van der Waals surface area (Å²) in [5, 5.41) is 2.33. The van der Waals surface area contributed by atoms with Crippen LogP contribution in [0.5, 0.6) is 0 Å². The van der Waals surface area contributed by atoms with Gasteiger partial charge < -0.3 is 5.32 Å². The maximum absolute atomic E-state index is 13.9. The van der Waals surface area contributed by atoms with E-state index in [9.17, 15) is 18.4 Å². The first kappa shape index (κ1) is 14.7. The smallest absolute Gasteiger partial charge is 0.253 e. The number of benzene rings is 1. The van der Waals surface area contributed by atoms with Crippen molar-refractivity contribution in [3.05, 3.63) is 28.8 Å². The fraction of sp³-hybridized carbons (Fsp3) is 0.385. The summed E-state index contributed by atoms with van der Waals surface area (Å²) in [4.78, 5) is 25.1. The van der Waals surface area contributed by atoms with Gasteiger partial charge in [0.05, 0.1) is 10.7 Å². The summed E-state index contributed by atoms with van der Waals surface area (Å²) in [5.41, 5.74) is -1.40. The van der Waals surface area contributed by atoms with Gasteiger partial charge in [-0.15, -0.1) is 0 Å². The molecule has 0 spiro atoms. The molecule has 0 aliphatic carbocycles. The van der Waals surface area contributed by atoms with Gasteiger partial charge >= 0.3 is 0 Å². The number of carbonyl (C=O) groups is 2. The maximum Gasteiger partial charge on any atom is 0.253 e. The van der Waals surface area contributed by atoms with Crippen LogP contribution in [0, 0.1) is 11.6 Å². The number of anilines is 1. The van der Waals surface area contributed by atoms with E-state index >= 15 is 0 Å². The standard InChI is InChI=1S/C13H13ClF2N2O2/c1-3-13(2)12(20)18(6-10(19)17-13)11-8(14)4-7(15)5-9(11)16/h4-5H,3,6H2,1-2H3,(H,17,19). The molecular weight excluding hydrogens is 290 g/mol. The topological polar surface area (TPSA) is 49.4 Å². The number of nitrogens with one attached hydrogen (secondary N) is 1. The average molecular weight is 303 g/mol. The van der Waals surface area contributed by atoms with Crippen LogP contribution in [-0.2, 0) is 9.59 Å². The largest absolute Gasteiger partial charge is 0.340 e. The molecule has 2 rings (SSSR count). The highest BCUT2D eigenvalue weighted by molar-refractivity contribution is 6.34. The van der Waals surface area contributed by atoms with Crippen LogP contribution in [0.4, 0.5) is 14.5 Å². The van der Waals surface area contributed by atoms with Gasteiger partial charge in [-0.1, -0.05) is 18.5 Å². The summed E-state index contributed by atoms with van der Waals surface area (Å²) in [6.07, 6.45) is 0.342. The van der Waals surface area contributed by atoms with Gasteiger partial charge in [0.25, 0.3) is 5.91 Å². The van der Waals surface area contributed by atoms with Crippen LogP contribution in [-0.4, -0.2) is 23.9 Å². The number of hydrogen-bond donors (Lipinski definition) is 1. The molecule has 1 aromatic carbocycles. The normalized spacial score (nSPS) is 22.9. The van der Waals surface area contributed by atoms with Crippen LogP contribution in [0.3, 0.4) is 0 Å². The van der Waals surface area contributed by atoms with Crippen LogP contribution >= 0.6 is 11.6 Å². The Morgan fingerprint density at radius 3 is 2.60 bits per heavy atom. The summed E-state index contributed by atoms with van der Waals surface area (Å²) >= 11 is 5.81. The molecule has 20 heavy (non-hydrogen) atoms. The van der Waals surface area contributed by atoms with Gasteiger partial charge in [-0.05, 0) is 19.4 Å². The highest BCUT2D eigenvalue weighted by Crippen LogP contribution is 2.33. The molecule has 0 bridgehead atoms. The predicted octanol–water partition coefficient (Wildman–Crippen LogP) is 2.25. The molecule has 7 heteroatoms. The van der Waals surface area contributed by atoms with Gasteiger partial charge in [0.2, 0.25) is 5.91 Å². The fourth-order valence-corrected chi connectivity index (χ4v) is 2.42. The molecule has 4 nitrogen and oxygen atoms in total. The number of rotatable bonds is 2. The molecule has 1 unspecified atom stereocenters. The Balaban J connectivity index is 2.52. The van der Waals surface area contributed by atoms with E-state index in [0.717, 1.165) is 11.0 Å². The van der Waals surface area contributed by atoms with Crippen molar-refractivity contribution in [2.45, 2.75) is 25.8 Å². The lowest BCUT2D eigenvalue weighted by Crippen LogP contribution is -2.65. The molecule has 1 saturated heterocycles. The Morgan fingerprint density at radius 1 is 1.40 bits per heavy atom. The molecule has 0 radical (unpaired) electrons. The van der Waals surface area contributed by atoms with E-state index in [2.05, 4.69) is 5.32 Å². The molecule has 1 aromatic rings. The van der Waals surface area contributed by atoms with Crippen molar-refractivity contribution in [2.75, 3.05) is 11.4 Å². The van der Waals surface area contributed by atoms with Gasteiger partial charge in [-0.3, -0.25) is 14.5 Å². The van der Waals surface area contributed by atoms with Crippen molar-refractivity contribution < 1.29 is 18.4 Å². The molecule has 2 amide bonds. The van der Waals surface area contributed by atoms with Crippen molar-refractivity contribution >= 4 is 29.1 Å². The van der Waals surface area contributed by atoms with Gasteiger partial charge in [0.1, 0.15) is 17.9 Å². The summed E-state index contributed by atoms with van der Waals surface area (Å²) < 4.78 is 27.0. The Morgan fingerprint density at radius 2 is 2.05 bits per heavy atom. The van der Waals surface area contributed by atoms with Crippen molar-refractivity contribution in [3.8, 4) is 0 Å². The first-order chi connectivity index (χ1) is 9.28. The summed E-state index contributed by atoms with van der Waals surface area (Å²) in [7, 11) is 0. The minimum atomic E-state index is -1.13. The lowest BCUT2D eigenvalue weighted by Gasteiger charge is -2.39. The van der Waals surface area contributed by atoms with E-state index in [-0.39, 0.29) is 17.3 Å². The number of carbonyl (C=O) groups excluding carboxylic acids is 2. The van der Waals surface area contributed by atoms with E-state index in [1.807, 2.05) is 0 Å². The monoisotopic (exact) mass is 302 g/mol. The van der Waals surface area contributed by atoms with Gasteiger partial charge in [0.15, 0.2) is 5.82 Å². The molecule has 1 aliphatic heterocycles. The molecule has 0 aromatic heterocycles. The predicted molar refractivity (Wildman–Crippen MR) is 70.6 cm³/mol. The number of hydrogen-bond acceptors (Lipinski definition) is 2. The van der Waals surface area contributed by atoms with E-state index in [0.29, 0.717) is 12.5 Å². The summed E-state index contributed by atoms with van der Waals surface area (Å²) in [5.74, 6) is -2.72. The van der Waals surface area contributed by atoms with Crippen molar-refractivity contribution in [3.63, 3.8) is 0 Å². The lowest BCUT2D eigenvalue weighted by molar-refractivity contribution is -0.135. The zero-order valence-electron chi connectivity index (χ0n) is 11.0. The molecule has 1 heterocycles. The third-order valence-corrected chi connectivity index (χ3v) is 3.68. The van der Waals surface area contributed by atoms with Crippen LogP contribution < -0.4 is 10.2 Å². The van der Waals surface area contributed by atoms with E-state index in [4.69, 9.17) is 11.6 Å². The second-order valence-electron chi connectivity index (χ2n) is 4.84. The Hall–Kier alpha value is -1.69. The third-order valence-electron chi connectivity index (χ3n) is 3.39. The number of piperazine rings is 1. The number of halogens is 3. The molecule has 1 aliphatic rings. The van der Waals surface area contributed by atoms with Crippen LogP contribution in [0.25, 0.3) is 0 Å². The third kappa shape index (κ3) is 2.35.